The average Bonchev–Trinajstić information content (AvgIpc) is 2.91. The van der Waals surface area contributed by atoms with Crippen molar-refractivity contribution in [1.82, 2.24) is 5.32 Å². The molecule has 0 aromatic heterocycles. The van der Waals surface area contributed by atoms with Crippen LogP contribution in [0.3, 0.4) is 0 Å². The fourth-order valence-corrected chi connectivity index (χ4v) is 3.85. The highest BCUT2D eigenvalue weighted by atomic mass is 35.5. The molecule has 0 spiro atoms. The Kier molecular flexibility index (Phi) is 5.73. The predicted octanol–water partition coefficient (Wildman–Crippen LogP) is 5.63. The van der Waals surface area contributed by atoms with Gasteiger partial charge in [-0.1, -0.05) is 29.3 Å². The summed E-state index contributed by atoms with van der Waals surface area (Å²) >= 11 is 12.5. The summed E-state index contributed by atoms with van der Waals surface area (Å²) in [4.78, 5) is 12.2. The Morgan fingerprint density at radius 1 is 1.28 bits per heavy atom. The lowest BCUT2D eigenvalue weighted by molar-refractivity contribution is -0.137. The van der Waals surface area contributed by atoms with E-state index in [0.29, 0.717) is 30.0 Å². The van der Waals surface area contributed by atoms with Gasteiger partial charge in [0.15, 0.2) is 0 Å². The molecule has 10 heteroatoms. The molecule has 0 saturated heterocycles. The second kappa shape index (κ2) is 7.66. The van der Waals surface area contributed by atoms with Crippen LogP contribution >= 0.6 is 23.2 Å². The molecule has 3 rings (SSSR count). The Hall–Kier alpha value is -2.03. The first kappa shape index (κ1) is 21.7. The molecule has 156 valence electrons. The molecule has 29 heavy (non-hydrogen) atoms. The number of urea groups is 1. The minimum Gasteiger partial charge on any atom is -0.385 e. The molecule has 4 nitrogen and oxygen atoms in total. The Bertz CT molecular complexity index is 978. The third kappa shape index (κ3) is 4.44. The summed E-state index contributed by atoms with van der Waals surface area (Å²) in [5.74, 6) is -1.09. The fourth-order valence-electron chi connectivity index (χ4n) is 3.20. The number of carbonyl (C=O) groups is 1. The van der Waals surface area contributed by atoms with Gasteiger partial charge in [-0.15, -0.1) is 0 Å². The number of benzene rings is 2. The van der Waals surface area contributed by atoms with Crippen LogP contribution in [0.25, 0.3) is 0 Å². The normalized spacial score (nSPS) is 18.5. The highest BCUT2D eigenvalue weighted by Crippen LogP contribution is 2.45. The molecule has 0 fully saturated rings. The van der Waals surface area contributed by atoms with Crippen LogP contribution in [-0.2, 0) is 24.7 Å². The fraction of sp³-hybridized carbons (Fsp3) is 0.316. The number of anilines is 1. The van der Waals surface area contributed by atoms with Gasteiger partial charge in [-0.3, -0.25) is 0 Å². The summed E-state index contributed by atoms with van der Waals surface area (Å²) in [5, 5.41) is 15.5. The zero-order chi connectivity index (χ0) is 21.6. The molecule has 0 aliphatic heterocycles. The van der Waals surface area contributed by atoms with E-state index in [-0.39, 0.29) is 27.8 Å². The van der Waals surface area contributed by atoms with Crippen molar-refractivity contribution in [1.29, 1.82) is 0 Å². The predicted molar refractivity (Wildman–Crippen MR) is 102 cm³/mol. The molecule has 0 saturated carbocycles. The molecular formula is C19H16Cl2F4N2O2. The molecule has 0 bridgehead atoms. The second-order valence-corrected chi connectivity index (χ2v) is 7.74. The van der Waals surface area contributed by atoms with Crippen molar-refractivity contribution in [3.8, 4) is 0 Å². The molecular weight excluding hydrogens is 435 g/mol. The molecule has 1 aliphatic rings. The van der Waals surface area contributed by atoms with Crippen LogP contribution in [0, 0.1) is 5.82 Å². The molecule has 2 aromatic rings. The molecule has 2 aromatic carbocycles. The van der Waals surface area contributed by atoms with Gasteiger partial charge in [0.05, 0.1) is 26.9 Å². The lowest BCUT2D eigenvalue weighted by Crippen LogP contribution is -2.29. The Morgan fingerprint density at radius 3 is 2.59 bits per heavy atom. The molecule has 3 N–H and O–H groups in total. The maximum Gasteiger partial charge on any atom is 0.416 e. The van der Waals surface area contributed by atoms with Crippen molar-refractivity contribution in [2.75, 3.05) is 5.32 Å². The van der Waals surface area contributed by atoms with Crippen molar-refractivity contribution >= 4 is 34.9 Å². The topological polar surface area (TPSA) is 61.4 Å². The average molecular weight is 451 g/mol. The molecule has 1 aliphatic carbocycles. The van der Waals surface area contributed by atoms with E-state index in [0.717, 1.165) is 12.1 Å². The monoisotopic (exact) mass is 450 g/mol. The smallest absolute Gasteiger partial charge is 0.385 e. The van der Waals surface area contributed by atoms with E-state index < -0.39 is 29.2 Å². The number of amides is 2. The van der Waals surface area contributed by atoms with E-state index >= 15 is 0 Å². The van der Waals surface area contributed by atoms with E-state index in [2.05, 4.69) is 10.6 Å². The molecule has 0 heterocycles. The van der Waals surface area contributed by atoms with Gasteiger partial charge in [-0.25, -0.2) is 9.18 Å². The summed E-state index contributed by atoms with van der Waals surface area (Å²) in [6, 6.07) is 2.82. The minimum absolute atomic E-state index is 0.115. The van der Waals surface area contributed by atoms with Crippen molar-refractivity contribution in [3.63, 3.8) is 0 Å². The first-order valence-electron chi connectivity index (χ1n) is 8.54. The van der Waals surface area contributed by atoms with Crippen LogP contribution in [0.5, 0.6) is 0 Å². The SMILES string of the molecule is CC1(O)CCc2c1cc(Cl)c(NC(=O)NCc1ccc(C(F)(F)F)cc1F)c2Cl. The number of aliphatic hydroxyl groups is 1. The minimum atomic E-state index is -4.66. The molecule has 1 atom stereocenters. The van der Waals surface area contributed by atoms with E-state index in [1.807, 2.05) is 0 Å². The van der Waals surface area contributed by atoms with E-state index in [1.54, 1.807) is 6.92 Å². The van der Waals surface area contributed by atoms with Crippen LogP contribution in [0.1, 0.15) is 35.6 Å². The number of nitrogens with one attached hydrogen (secondary N) is 2. The number of alkyl halides is 3. The summed E-state index contributed by atoms with van der Waals surface area (Å²) in [6.45, 7) is 1.30. The van der Waals surface area contributed by atoms with Gasteiger partial charge < -0.3 is 15.7 Å². The molecule has 0 radical (unpaired) electrons. The largest absolute Gasteiger partial charge is 0.416 e. The first-order chi connectivity index (χ1) is 13.4. The van der Waals surface area contributed by atoms with Gasteiger partial charge in [0.2, 0.25) is 0 Å². The van der Waals surface area contributed by atoms with Crippen LogP contribution in [0.4, 0.5) is 28.0 Å². The zero-order valence-corrected chi connectivity index (χ0v) is 16.6. The Labute approximate surface area is 173 Å². The summed E-state index contributed by atoms with van der Waals surface area (Å²) < 4.78 is 51.6. The maximum atomic E-state index is 13.9. The second-order valence-electron chi connectivity index (χ2n) is 6.96. The standard InChI is InChI=1S/C19H16Cl2F4N2O2/c1-18(29)5-4-11-12(18)7-13(20)16(15(11)21)27-17(28)26-8-9-2-3-10(6-14(9)22)19(23,24)25/h2-3,6-7,29H,4-5,8H2,1H3,(H2,26,27,28). The van der Waals surface area contributed by atoms with Gasteiger partial charge in [-0.2, -0.15) is 13.2 Å². The van der Waals surface area contributed by atoms with Gasteiger partial charge in [-0.05, 0) is 49.1 Å². The van der Waals surface area contributed by atoms with Gasteiger partial charge in [0.25, 0.3) is 0 Å². The number of hydrogen-bond acceptors (Lipinski definition) is 2. The van der Waals surface area contributed by atoms with Crippen molar-refractivity contribution < 1.29 is 27.5 Å². The van der Waals surface area contributed by atoms with Gasteiger partial charge >= 0.3 is 12.2 Å². The van der Waals surface area contributed by atoms with Crippen LogP contribution < -0.4 is 10.6 Å². The number of halogens is 6. The third-order valence-electron chi connectivity index (χ3n) is 4.82. The molecule has 1 unspecified atom stereocenters. The van der Waals surface area contributed by atoms with Crippen LogP contribution in [0.2, 0.25) is 10.0 Å². The first-order valence-corrected chi connectivity index (χ1v) is 9.30. The summed E-state index contributed by atoms with van der Waals surface area (Å²) in [5.41, 5.74) is -0.902. The van der Waals surface area contributed by atoms with E-state index in [1.165, 1.54) is 6.07 Å². The van der Waals surface area contributed by atoms with Gasteiger partial charge in [0, 0.05) is 12.1 Å². The van der Waals surface area contributed by atoms with E-state index in [9.17, 15) is 27.5 Å². The lowest BCUT2D eigenvalue weighted by Gasteiger charge is -2.20. The van der Waals surface area contributed by atoms with Gasteiger partial charge in [0.1, 0.15) is 5.82 Å². The number of fused-ring (bicyclic) bond motifs is 1. The maximum absolute atomic E-state index is 13.9. The number of carbonyl (C=O) groups excluding carboxylic acids is 1. The third-order valence-corrected chi connectivity index (χ3v) is 5.54. The molecule has 2 amide bonds. The van der Waals surface area contributed by atoms with E-state index in [4.69, 9.17) is 23.2 Å². The lowest BCUT2D eigenvalue weighted by atomic mass is 9.98. The van der Waals surface area contributed by atoms with Crippen molar-refractivity contribution in [3.05, 3.63) is 62.4 Å². The quantitative estimate of drug-likeness (QED) is 0.530. The van der Waals surface area contributed by atoms with Crippen molar-refractivity contribution in [2.45, 2.75) is 38.1 Å². The zero-order valence-electron chi connectivity index (χ0n) is 15.1. The Balaban J connectivity index is 1.71. The number of hydrogen-bond donors (Lipinski definition) is 3. The number of rotatable bonds is 3. The highest BCUT2D eigenvalue weighted by molar-refractivity contribution is 6.40. The van der Waals surface area contributed by atoms with Crippen LogP contribution in [-0.4, -0.2) is 11.1 Å². The Morgan fingerprint density at radius 2 is 1.97 bits per heavy atom. The summed E-state index contributed by atoms with van der Waals surface area (Å²) in [6.07, 6.45) is -3.69. The van der Waals surface area contributed by atoms with Crippen molar-refractivity contribution in [2.24, 2.45) is 0 Å². The summed E-state index contributed by atoms with van der Waals surface area (Å²) in [7, 11) is 0. The van der Waals surface area contributed by atoms with Crippen LogP contribution in [0.15, 0.2) is 24.3 Å². The highest BCUT2D eigenvalue weighted by Gasteiger charge is 2.35.